The van der Waals surface area contributed by atoms with E-state index in [0.717, 1.165) is 24.3 Å². The first kappa shape index (κ1) is 14.2. The molecule has 5 heteroatoms. The van der Waals surface area contributed by atoms with E-state index in [1.54, 1.807) is 4.68 Å². The van der Waals surface area contributed by atoms with Crippen LogP contribution in [0.15, 0.2) is 6.20 Å². The van der Waals surface area contributed by atoms with E-state index in [0.29, 0.717) is 18.1 Å². The number of ether oxygens (including phenoxy) is 1. The zero-order valence-corrected chi connectivity index (χ0v) is 13.3. The summed E-state index contributed by atoms with van der Waals surface area (Å²) in [5, 5.41) is 7.80. The van der Waals surface area contributed by atoms with Crippen molar-refractivity contribution in [2.45, 2.75) is 56.9 Å². The van der Waals surface area contributed by atoms with Gasteiger partial charge in [-0.3, -0.25) is 9.48 Å². The van der Waals surface area contributed by atoms with Crippen molar-refractivity contribution in [3.8, 4) is 0 Å². The predicted molar refractivity (Wildman–Crippen MR) is 82.8 cm³/mol. The molecule has 22 heavy (non-hydrogen) atoms. The van der Waals surface area contributed by atoms with E-state index in [9.17, 15) is 4.79 Å². The Morgan fingerprint density at radius 3 is 2.95 bits per heavy atom. The molecule has 1 N–H and O–H groups in total. The second-order valence-corrected chi connectivity index (χ2v) is 7.32. The zero-order chi connectivity index (χ0) is 15.2. The quantitative estimate of drug-likeness (QED) is 0.932. The van der Waals surface area contributed by atoms with Gasteiger partial charge in [-0.2, -0.15) is 5.10 Å². The zero-order valence-electron chi connectivity index (χ0n) is 13.3. The highest BCUT2D eigenvalue weighted by Crippen LogP contribution is 2.56. The van der Waals surface area contributed by atoms with Gasteiger partial charge in [0.2, 0.25) is 0 Å². The number of hydrogen-bond donors (Lipinski definition) is 1. The van der Waals surface area contributed by atoms with Gasteiger partial charge in [0.1, 0.15) is 0 Å². The molecule has 1 aromatic heterocycles. The third-order valence-electron chi connectivity index (χ3n) is 5.76. The average molecular weight is 303 g/mol. The number of aromatic nitrogens is 2. The summed E-state index contributed by atoms with van der Waals surface area (Å²) < 4.78 is 7.21. The van der Waals surface area contributed by atoms with Crippen LogP contribution in [0.1, 0.15) is 66.9 Å². The molecule has 0 aromatic carbocycles. The molecule has 3 aliphatic rings. The maximum Gasteiger partial charge on any atom is 0.255 e. The maximum absolute atomic E-state index is 12.7. The van der Waals surface area contributed by atoms with Crippen molar-refractivity contribution < 1.29 is 9.53 Å². The van der Waals surface area contributed by atoms with Gasteiger partial charge in [-0.15, -0.1) is 0 Å². The van der Waals surface area contributed by atoms with Gasteiger partial charge >= 0.3 is 0 Å². The van der Waals surface area contributed by atoms with Crippen molar-refractivity contribution >= 4 is 5.91 Å². The molecule has 1 spiro atoms. The second kappa shape index (κ2) is 5.37. The molecule has 120 valence electrons. The first-order chi connectivity index (χ1) is 10.7. The Bertz CT molecular complexity index is 568. The molecule has 0 radical (unpaired) electrons. The minimum Gasteiger partial charge on any atom is -0.381 e. The summed E-state index contributed by atoms with van der Waals surface area (Å²) in [6.07, 6.45) is 10.6. The van der Waals surface area contributed by atoms with Crippen LogP contribution in [0.3, 0.4) is 0 Å². The van der Waals surface area contributed by atoms with Crippen LogP contribution in [0.5, 0.6) is 0 Å². The molecule has 2 heterocycles. The fraction of sp³-hybridized carbons (Fsp3) is 0.765. The molecular weight excluding hydrogens is 278 g/mol. The monoisotopic (exact) mass is 303 g/mol. The summed E-state index contributed by atoms with van der Waals surface area (Å²) >= 11 is 0. The number of nitrogens with one attached hydrogen (secondary N) is 1. The van der Waals surface area contributed by atoms with Crippen LogP contribution in [0.25, 0.3) is 0 Å². The molecule has 2 aliphatic carbocycles. The number of nitrogens with zero attached hydrogens (tertiary/aromatic N) is 2. The molecule has 0 unspecified atom stereocenters. The van der Waals surface area contributed by atoms with Crippen molar-refractivity contribution in [1.82, 2.24) is 15.1 Å². The van der Waals surface area contributed by atoms with Crippen LogP contribution in [-0.4, -0.2) is 34.9 Å². The van der Waals surface area contributed by atoms with Gasteiger partial charge in [0.15, 0.2) is 0 Å². The standard InChI is InChI=1S/C17H25N3O2/c1-20-10-13(15(19-20)12-5-8-22-11-12)16(21)18-14-9-17(14)6-3-2-4-7-17/h10,12,14H,2-9,11H2,1H3,(H,18,21)/t12-,14-/m1/s1. The summed E-state index contributed by atoms with van der Waals surface area (Å²) in [5.74, 6) is 0.326. The molecule has 2 atom stereocenters. The van der Waals surface area contributed by atoms with Gasteiger partial charge in [0.05, 0.1) is 17.9 Å². The highest BCUT2D eigenvalue weighted by molar-refractivity contribution is 5.95. The van der Waals surface area contributed by atoms with E-state index < -0.39 is 0 Å². The Balaban J connectivity index is 1.47. The molecular formula is C17H25N3O2. The van der Waals surface area contributed by atoms with Crippen molar-refractivity contribution in [2.24, 2.45) is 12.5 Å². The lowest BCUT2D eigenvalue weighted by Crippen LogP contribution is -2.31. The Labute approximate surface area is 131 Å². The van der Waals surface area contributed by atoms with Gasteiger partial charge in [-0.1, -0.05) is 19.3 Å². The van der Waals surface area contributed by atoms with E-state index in [2.05, 4.69) is 10.4 Å². The first-order valence-corrected chi connectivity index (χ1v) is 8.60. The van der Waals surface area contributed by atoms with Crippen molar-refractivity contribution in [3.63, 3.8) is 0 Å². The van der Waals surface area contributed by atoms with Gasteiger partial charge in [-0.25, -0.2) is 0 Å². The fourth-order valence-electron chi connectivity index (χ4n) is 4.33. The van der Waals surface area contributed by atoms with Gasteiger partial charge in [0, 0.05) is 31.8 Å². The molecule has 2 saturated carbocycles. The van der Waals surface area contributed by atoms with Crippen LogP contribution in [-0.2, 0) is 11.8 Å². The molecule has 0 bridgehead atoms. The predicted octanol–water partition coefficient (Wildman–Crippen LogP) is 2.38. The second-order valence-electron chi connectivity index (χ2n) is 7.32. The number of carbonyl (C=O) groups is 1. The molecule has 1 amide bonds. The van der Waals surface area contributed by atoms with Crippen LogP contribution in [0.4, 0.5) is 0 Å². The Morgan fingerprint density at radius 1 is 1.41 bits per heavy atom. The topological polar surface area (TPSA) is 56.2 Å². The summed E-state index contributed by atoms with van der Waals surface area (Å²) in [5.41, 5.74) is 2.08. The Kier molecular flexibility index (Phi) is 3.48. The third-order valence-corrected chi connectivity index (χ3v) is 5.76. The Hall–Kier alpha value is -1.36. The number of amides is 1. The molecule has 1 saturated heterocycles. The van der Waals surface area contributed by atoms with Crippen LogP contribution < -0.4 is 5.32 Å². The van der Waals surface area contributed by atoms with E-state index in [-0.39, 0.29) is 11.8 Å². The summed E-state index contributed by atoms with van der Waals surface area (Å²) in [7, 11) is 1.88. The van der Waals surface area contributed by atoms with Crippen LogP contribution >= 0.6 is 0 Å². The number of carbonyl (C=O) groups excluding carboxylic acids is 1. The number of rotatable bonds is 3. The molecule has 3 fully saturated rings. The third kappa shape index (κ3) is 2.45. The van der Waals surface area contributed by atoms with E-state index in [1.165, 1.54) is 38.5 Å². The van der Waals surface area contributed by atoms with Crippen LogP contribution in [0.2, 0.25) is 0 Å². The van der Waals surface area contributed by atoms with Gasteiger partial charge in [-0.05, 0) is 31.1 Å². The highest BCUT2D eigenvalue weighted by Gasteiger charge is 2.54. The lowest BCUT2D eigenvalue weighted by atomic mass is 9.85. The van der Waals surface area contributed by atoms with Crippen molar-refractivity contribution in [3.05, 3.63) is 17.5 Å². The maximum atomic E-state index is 12.7. The molecule has 4 rings (SSSR count). The van der Waals surface area contributed by atoms with Crippen molar-refractivity contribution in [1.29, 1.82) is 0 Å². The molecule has 1 aliphatic heterocycles. The number of aryl methyl sites for hydroxylation is 1. The van der Waals surface area contributed by atoms with Crippen LogP contribution in [0, 0.1) is 5.41 Å². The smallest absolute Gasteiger partial charge is 0.255 e. The largest absolute Gasteiger partial charge is 0.381 e. The summed E-state index contributed by atoms with van der Waals surface area (Å²) in [6.45, 7) is 1.46. The van der Waals surface area contributed by atoms with E-state index in [1.807, 2.05) is 13.2 Å². The number of hydrogen-bond acceptors (Lipinski definition) is 3. The van der Waals surface area contributed by atoms with Gasteiger partial charge < -0.3 is 10.1 Å². The Morgan fingerprint density at radius 2 is 2.23 bits per heavy atom. The van der Waals surface area contributed by atoms with Gasteiger partial charge in [0.25, 0.3) is 5.91 Å². The summed E-state index contributed by atoms with van der Waals surface area (Å²) in [6, 6.07) is 0.383. The highest BCUT2D eigenvalue weighted by atomic mass is 16.5. The average Bonchev–Trinajstić information content (AvgIpc) is 2.92. The van der Waals surface area contributed by atoms with E-state index >= 15 is 0 Å². The fourth-order valence-corrected chi connectivity index (χ4v) is 4.33. The van der Waals surface area contributed by atoms with E-state index in [4.69, 9.17) is 4.74 Å². The normalized spacial score (nSPS) is 29.7. The SMILES string of the molecule is Cn1cc(C(=O)N[C@@H]2CC23CCCCC3)c([C@@H]2CCOC2)n1. The minimum absolute atomic E-state index is 0.0578. The van der Waals surface area contributed by atoms with Crippen molar-refractivity contribution in [2.75, 3.05) is 13.2 Å². The summed E-state index contributed by atoms with van der Waals surface area (Å²) in [4.78, 5) is 12.7. The minimum atomic E-state index is 0.0578. The lowest BCUT2D eigenvalue weighted by molar-refractivity contribution is 0.0940. The molecule has 1 aromatic rings. The first-order valence-electron chi connectivity index (χ1n) is 8.60. The molecule has 5 nitrogen and oxygen atoms in total. The lowest BCUT2D eigenvalue weighted by Gasteiger charge is -2.22.